The Labute approximate surface area is 147 Å². The molecule has 2 amide bonds. The minimum Gasteiger partial charge on any atom is -0.368 e. The van der Waals surface area contributed by atoms with Gasteiger partial charge >= 0.3 is 0 Å². The molecule has 0 bridgehead atoms. The number of hydrogen-bond acceptors (Lipinski definition) is 2. The van der Waals surface area contributed by atoms with E-state index in [1.54, 1.807) is 6.20 Å². The van der Waals surface area contributed by atoms with Crippen LogP contribution in [-0.2, 0) is 11.3 Å². The first-order valence-electron chi connectivity index (χ1n) is 8.69. The van der Waals surface area contributed by atoms with Crippen molar-refractivity contribution in [1.82, 2.24) is 9.88 Å². The third-order valence-electron chi connectivity index (χ3n) is 4.33. The van der Waals surface area contributed by atoms with Crippen LogP contribution >= 0.6 is 0 Å². The van der Waals surface area contributed by atoms with Gasteiger partial charge in [-0.1, -0.05) is 32.0 Å². The summed E-state index contributed by atoms with van der Waals surface area (Å²) in [6.45, 7) is 4.09. The number of halogens is 1. The summed E-state index contributed by atoms with van der Waals surface area (Å²) < 4.78 is 14.2. The highest BCUT2D eigenvalue weighted by Crippen LogP contribution is 2.22. The molecular formula is C19H26FN3O2. The molecule has 0 aliphatic rings. The zero-order valence-corrected chi connectivity index (χ0v) is 14.8. The summed E-state index contributed by atoms with van der Waals surface area (Å²) in [4.78, 5) is 24.2. The van der Waals surface area contributed by atoms with Crippen molar-refractivity contribution in [3.8, 4) is 0 Å². The van der Waals surface area contributed by atoms with Gasteiger partial charge in [-0.05, 0) is 31.2 Å². The van der Waals surface area contributed by atoms with Gasteiger partial charge in [0.2, 0.25) is 5.91 Å². The molecule has 0 fully saturated rings. The maximum absolute atomic E-state index is 12.7. The second-order valence-electron chi connectivity index (χ2n) is 6.60. The van der Waals surface area contributed by atoms with Crippen molar-refractivity contribution >= 4 is 22.7 Å². The number of nitrogens with two attached hydrogens (primary N) is 1. The fourth-order valence-corrected chi connectivity index (χ4v) is 2.95. The van der Waals surface area contributed by atoms with Gasteiger partial charge in [0.25, 0.3) is 5.91 Å². The van der Waals surface area contributed by atoms with Crippen LogP contribution in [0.15, 0.2) is 30.5 Å². The number of para-hydroxylation sites is 1. The molecule has 2 aromatic rings. The largest absolute Gasteiger partial charge is 0.368 e. The van der Waals surface area contributed by atoms with E-state index in [2.05, 4.69) is 5.32 Å². The number of hydrogen-bond donors (Lipinski definition) is 2. The molecule has 0 saturated carbocycles. The number of rotatable bonds is 9. The minimum absolute atomic E-state index is 0.0875. The Morgan fingerprint density at radius 1 is 1.20 bits per heavy atom. The first-order valence-corrected chi connectivity index (χ1v) is 8.69. The number of nitrogens with one attached hydrogen (secondary N) is 1. The smallest absolute Gasteiger partial charge is 0.254 e. The molecule has 3 N–H and O–H groups in total. The molecule has 0 aliphatic heterocycles. The Morgan fingerprint density at radius 2 is 1.92 bits per heavy atom. The monoisotopic (exact) mass is 347 g/mol. The molecule has 6 heteroatoms. The van der Waals surface area contributed by atoms with Crippen molar-refractivity contribution in [3.63, 3.8) is 0 Å². The Balaban J connectivity index is 2.25. The number of carbonyl (C=O) groups excluding carboxylic acids is 2. The molecule has 1 aromatic heterocycles. The van der Waals surface area contributed by atoms with Crippen LogP contribution in [0.1, 0.15) is 43.5 Å². The number of benzene rings is 1. The maximum atomic E-state index is 12.7. The van der Waals surface area contributed by atoms with Crippen LogP contribution in [-0.4, -0.2) is 29.1 Å². The van der Waals surface area contributed by atoms with Gasteiger partial charge in [0, 0.05) is 23.6 Å². The molecule has 1 atom stereocenters. The number of aryl methyl sites for hydroxylation is 1. The van der Waals surface area contributed by atoms with Gasteiger partial charge in [-0.2, -0.15) is 0 Å². The van der Waals surface area contributed by atoms with Gasteiger partial charge in [0.15, 0.2) is 0 Å². The van der Waals surface area contributed by atoms with Gasteiger partial charge in [-0.25, -0.2) is 0 Å². The number of nitrogens with zero attached hydrogens (tertiary/aromatic N) is 1. The summed E-state index contributed by atoms with van der Waals surface area (Å²) in [6, 6.07) is 6.93. The van der Waals surface area contributed by atoms with Crippen molar-refractivity contribution in [1.29, 1.82) is 0 Å². The molecule has 1 heterocycles. The molecule has 1 aromatic carbocycles. The summed E-state index contributed by atoms with van der Waals surface area (Å²) in [5.41, 5.74) is 6.86. The van der Waals surface area contributed by atoms with Gasteiger partial charge < -0.3 is 15.6 Å². The van der Waals surface area contributed by atoms with Crippen molar-refractivity contribution in [3.05, 3.63) is 36.0 Å². The molecule has 0 saturated heterocycles. The predicted molar refractivity (Wildman–Crippen MR) is 97.1 cm³/mol. The summed E-state index contributed by atoms with van der Waals surface area (Å²) in [7, 11) is 0. The maximum Gasteiger partial charge on any atom is 0.254 e. The molecule has 5 nitrogen and oxygen atoms in total. The van der Waals surface area contributed by atoms with Crippen molar-refractivity contribution < 1.29 is 14.0 Å². The molecule has 25 heavy (non-hydrogen) atoms. The fourth-order valence-electron chi connectivity index (χ4n) is 2.95. The lowest BCUT2D eigenvalue weighted by atomic mass is 10.0. The van der Waals surface area contributed by atoms with Crippen LogP contribution < -0.4 is 11.1 Å². The lowest BCUT2D eigenvalue weighted by Crippen LogP contribution is -2.47. The molecule has 0 aliphatic carbocycles. The van der Waals surface area contributed by atoms with E-state index in [0.29, 0.717) is 12.0 Å². The Hall–Kier alpha value is -2.37. The van der Waals surface area contributed by atoms with E-state index in [4.69, 9.17) is 5.73 Å². The third-order valence-corrected chi connectivity index (χ3v) is 4.33. The van der Waals surface area contributed by atoms with Gasteiger partial charge in [0.05, 0.1) is 12.2 Å². The highest BCUT2D eigenvalue weighted by molar-refractivity contribution is 6.08. The number of carbonyl (C=O) groups is 2. The first-order chi connectivity index (χ1) is 12.0. The van der Waals surface area contributed by atoms with E-state index in [9.17, 15) is 14.0 Å². The summed E-state index contributed by atoms with van der Waals surface area (Å²) >= 11 is 0. The highest BCUT2D eigenvalue weighted by Gasteiger charge is 2.24. The molecule has 136 valence electrons. The number of aromatic nitrogens is 1. The van der Waals surface area contributed by atoms with Gasteiger partial charge in [-0.3, -0.25) is 14.0 Å². The van der Waals surface area contributed by atoms with Gasteiger partial charge in [-0.15, -0.1) is 0 Å². The van der Waals surface area contributed by atoms with Crippen molar-refractivity contribution in [2.75, 3.05) is 6.67 Å². The second kappa shape index (κ2) is 8.65. The summed E-state index contributed by atoms with van der Waals surface area (Å²) in [5, 5.41) is 3.57. The molecular weight excluding hydrogens is 321 g/mol. The quantitative estimate of drug-likeness (QED) is 0.684. The van der Waals surface area contributed by atoms with E-state index in [1.165, 1.54) is 0 Å². The SMILES string of the molecule is CC(C)C(NC(=O)c1cn(CCCCCF)c2ccccc12)C(N)=O. The van der Waals surface area contributed by atoms with Gasteiger partial charge in [0.1, 0.15) is 6.04 Å². The molecule has 0 spiro atoms. The zero-order valence-electron chi connectivity index (χ0n) is 14.8. The van der Waals surface area contributed by atoms with Crippen molar-refractivity contribution in [2.45, 2.75) is 45.7 Å². The topological polar surface area (TPSA) is 77.1 Å². The third kappa shape index (κ3) is 4.59. The number of primary amides is 1. The Morgan fingerprint density at radius 3 is 2.56 bits per heavy atom. The van der Waals surface area contributed by atoms with Crippen LogP contribution in [0.2, 0.25) is 0 Å². The van der Waals surface area contributed by atoms with E-state index in [1.807, 2.05) is 42.7 Å². The number of alkyl halides is 1. The van der Waals surface area contributed by atoms with Crippen LogP contribution in [0.5, 0.6) is 0 Å². The average Bonchev–Trinajstić information content (AvgIpc) is 2.95. The fraction of sp³-hybridized carbons (Fsp3) is 0.474. The number of unbranched alkanes of at least 4 members (excludes halogenated alkanes) is 2. The van der Waals surface area contributed by atoms with Crippen LogP contribution in [0.25, 0.3) is 10.9 Å². The Bertz CT molecular complexity index is 739. The van der Waals surface area contributed by atoms with E-state index >= 15 is 0 Å². The summed E-state index contributed by atoms with van der Waals surface area (Å²) in [5.74, 6) is -0.940. The number of amides is 2. The van der Waals surface area contributed by atoms with Crippen LogP contribution in [0.4, 0.5) is 4.39 Å². The Kier molecular flexibility index (Phi) is 6.56. The van der Waals surface area contributed by atoms with E-state index in [0.717, 1.165) is 30.3 Å². The standard InChI is InChI=1S/C19H26FN3O2/c1-13(2)17(18(21)24)22-19(25)15-12-23(11-7-3-6-10-20)16-9-5-4-8-14(15)16/h4-5,8-9,12-13,17H,3,6-7,10-11H2,1-2H3,(H2,21,24)(H,22,25). The molecule has 1 unspecified atom stereocenters. The molecule has 2 rings (SSSR count). The predicted octanol–water partition coefficient (Wildman–Crippen LogP) is 3.02. The number of fused-ring (bicyclic) bond motifs is 1. The first kappa shape index (κ1) is 19.0. The van der Waals surface area contributed by atoms with Crippen molar-refractivity contribution in [2.24, 2.45) is 11.7 Å². The normalized spacial score (nSPS) is 12.5. The van der Waals surface area contributed by atoms with E-state index in [-0.39, 0.29) is 18.5 Å². The lowest BCUT2D eigenvalue weighted by molar-refractivity contribution is -0.120. The summed E-state index contributed by atoms with van der Waals surface area (Å²) in [6.07, 6.45) is 4.01. The molecule has 0 radical (unpaired) electrons. The lowest BCUT2D eigenvalue weighted by Gasteiger charge is -2.18. The van der Waals surface area contributed by atoms with Crippen LogP contribution in [0.3, 0.4) is 0 Å². The second-order valence-corrected chi connectivity index (χ2v) is 6.60. The average molecular weight is 347 g/mol. The van der Waals surface area contributed by atoms with E-state index < -0.39 is 11.9 Å². The minimum atomic E-state index is -0.709. The zero-order chi connectivity index (χ0) is 18.4. The highest BCUT2D eigenvalue weighted by atomic mass is 19.1. The van der Waals surface area contributed by atoms with Crippen LogP contribution in [0, 0.1) is 5.92 Å².